The molecule has 1 heterocycles. The second kappa shape index (κ2) is 6.49. The fraction of sp³-hybridized carbons (Fsp3) is 0.111. The number of nitrogens with one attached hydrogen (secondary N) is 1. The first-order chi connectivity index (χ1) is 11.4. The van der Waals surface area contributed by atoms with Crippen LogP contribution in [-0.4, -0.2) is 10.9 Å². The number of carbonyl (C=O) groups is 1. The Hall–Kier alpha value is -2.60. The topological polar surface area (TPSA) is 42.0 Å². The van der Waals surface area contributed by atoms with Crippen molar-refractivity contribution in [1.29, 1.82) is 0 Å². The molecular weight excluding hydrogens is 330 g/mol. The zero-order valence-corrected chi connectivity index (χ0v) is 13.9. The van der Waals surface area contributed by atoms with Gasteiger partial charge in [0.15, 0.2) is 0 Å². The summed E-state index contributed by atoms with van der Waals surface area (Å²) >= 11 is 1.22. The van der Waals surface area contributed by atoms with Crippen molar-refractivity contribution < 1.29 is 13.6 Å². The van der Waals surface area contributed by atoms with Crippen LogP contribution in [-0.2, 0) is 0 Å². The van der Waals surface area contributed by atoms with E-state index in [0.717, 1.165) is 11.1 Å². The summed E-state index contributed by atoms with van der Waals surface area (Å²) in [5, 5.41) is 3.35. The van der Waals surface area contributed by atoms with Gasteiger partial charge in [-0.15, -0.1) is 11.3 Å². The lowest BCUT2D eigenvalue weighted by atomic mass is 10.2. The molecule has 24 heavy (non-hydrogen) atoms. The van der Waals surface area contributed by atoms with Crippen molar-refractivity contribution in [2.24, 2.45) is 0 Å². The summed E-state index contributed by atoms with van der Waals surface area (Å²) in [7, 11) is 0. The zero-order chi connectivity index (χ0) is 17.3. The molecule has 122 valence electrons. The summed E-state index contributed by atoms with van der Waals surface area (Å²) in [6, 6.07) is 10.2. The van der Waals surface area contributed by atoms with Gasteiger partial charge in [-0.25, -0.2) is 13.8 Å². The monoisotopic (exact) mass is 344 g/mol. The van der Waals surface area contributed by atoms with Crippen molar-refractivity contribution in [2.75, 3.05) is 5.32 Å². The van der Waals surface area contributed by atoms with Gasteiger partial charge < -0.3 is 5.32 Å². The van der Waals surface area contributed by atoms with Crippen LogP contribution in [0.4, 0.5) is 14.5 Å². The maximum absolute atomic E-state index is 13.3. The highest BCUT2D eigenvalue weighted by Gasteiger charge is 2.17. The number of halogens is 2. The van der Waals surface area contributed by atoms with Crippen LogP contribution < -0.4 is 5.32 Å². The van der Waals surface area contributed by atoms with Gasteiger partial charge in [-0.05, 0) is 55.8 Å². The van der Waals surface area contributed by atoms with Crippen molar-refractivity contribution in [3.63, 3.8) is 0 Å². The second-order valence-electron chi connectivity index (χ2n) is 5.35. The Morgan fingerprint density at radius 2 is 1.71 bits per heavy atom. The van der Waals surface area contributed by atoms with E-state index in [2.05, 4.69) is 10.3 Å². The minimum Gasteiger partial charge on any atom is -0.321 e. The maximum atomic E-state index is 13.3. The molecule has 0 aliphatic carbocycles. The Bertz CT molecular complexity index is 904. The second-order valence-corrected chi connectivity index (χ2v) is 6.35. The van der Waals surface area contributed by atoms with Gasteiger partial charge in [0, 0.05) is 11.3 Å². The first-order valence-electron chi connectivity index (χ1n) is 7.25. The number of anilines is 1. The van der Waals surface area contributed by atoms with Gasteiger partial charge in [-0.1, -0.05) is 6.07 Å². The number of aromatic nitrogens is 1. The minimum absolute atomic E-state index is 0.327. The Kier molecular flexibility index (Phi) is 4.40. The number of benzene rings is 2. The van der Waals surface area contributed by atoms with Crippen LogP contribution in [0.1, 0.15) is 20.9 Å². The average Bonchev–Trinajstić information content (AvgIpc) is 2.93. The first-order valence-corrected chi connectivity index (χ1v) is 8.06. The molecule has 0 saturated carbocycles. The first kappa shape index (κ1) is 16.3. The summed E-state index contributed by atoms with van der Waals surface area (Å²) in [4.78, 5) is 17.3. The van der Waals surface area contributed by atoms with Gasteiger partial charge in [-0.3, -0.25) is 4.79 Å². The molecule has 0 spiro atoms. The smallest absolute Gasteiger partial charge is 0.267 e. The van der Waals surface area contributed by atoms with Crippen molar-refractivity contribution >= 4 is 22.9 Å². The lowest BCUT2D eigenvalue weighted by Crippen LogP contribution is -2.12. The maximum Gasteiger partial charge on any atom is 0.267 e. The minimum atomic E-state index is -0.413. The van der Waals surface area contributed by atoms with E-state index >= 15 is 0 Å². The third kappa shape index (κ3) is 3.33. The van der Waals surface area contributed by atoms with Crippen molar-refractivity contribution in [1.82, 2.24) is 4.98 Å². The molecule has 0 aliphatic rings. The van der Waals surface area contributed by atoms with Crippen LogP contribution in [0.25, 0.3) is 10.6 Å². The molecule has 1 amide bonds. The SMILES string of the molecule is Cc1ccc(F)cc1NC(=O)c1sc(-c2ccc(F)cc2)nc1C. The molecule has 0 atom stereocenters. The number of carbonyl (C=O) groups excluding carboxylic acids is 1. The fourth-order valence-corrected chi connectivity index (χ4v) is 3.20. The molecule has 3 nitrogen and oxygen atoms in total. The van der Waals surface area contributed by atoms with Crippen molar-refractivity contribution in [2.45, 2.75) is 13.8 Å². The van der Waals surface area contributed by atoms with Crippen LogP contribution in [0.2, 0.25) is 0 Å². The third-order valence-corrected chi connectivity index (χ3v) is 4.75. The molecule has 6 heteroatoms. The van der Waals surface area contributed by atoms with E-state index < -0.39 is 5.82 Å². The van der Waals surface area contributed by atoms with E-state index in [1.807, 2.05) is 0 Å². The number of thiazole rings is 1. The number of nitrogens with zero attached hydrogens (tertiary/aromatic N) is 1. The Balaban J connectivity index is 1.88. The summed E-state index contributed by atoms with van der Waals surface area (Å²) < 4.78 is 26.4. The third-order valence-electron chi connectivity index (χ3n) is 3.54. The number of hydrogen-bond donors (Lipinski definition) is 1. The number of hydrogen-bond acceptors (Lipinski definition) is 3. The van der Waals surface area contributed by atoms with Crippen molar-refractivity contribution in [3.05, 3.63) is 70.2 Å². The van der Waals surface area contributed by atoms with E-state index in [1.54, 1.807) is 32.0 Å². The molecule has 3 rings (SSSR count). The average molecular weight is 344 g/mol. The quantitative estimate of drug-likeness (QED) is 0.730. The summed E-state index contributed by atoms with van der Waals surface area (Å²) in [6.45, 7) is 3.52. The molecule has 0 aliphatic heterocycles. The molecule has 0 fully saturated rings. The summed E-state index contributed by atoms with van der Waals surface area (Å²) in [6.07, 6.45) is 0. The number of amides is 1. The highest BCUT2D eigenvalue weighted by Crippen LogP contribution is 2.29. The molecule has 0 unspecified atom stereocenters. The van der Waals surface area contributed by atoms with E-state index in [9.17, 15) is 13.6 Å². The molecule has 2 aromatic carbocycles. The predicted molar refractivity (Wildman–Crippen MR) is 91.3 cm³/mol. The van der Waals surface area contributed by atoms with Gasteiger partial charge in [0.25, 0.3) is 5.91 Å². The van der Waals surface area contributed by atoms with Crippen LogP contribution >= 0.6 is 11.3 Å². The van der Waals surface area contributed by atoms with E-state index in [-0.39, 0.29) is 11.7 Å². The van der Waals surface area contributed by atoms with Crippen LogP contribution in [0.5, 0.6) is 0 Å². The molecule has 0 bridgehead atoms. The van der Waals surface area contributed by atoms with Gasteiger partial charge in [0.2, 0.25) is 0 Å². The van der Waals surface area contributed by atoms with Crippen LogP contribution in [0.15, 0.2) is 42.5 Å². The standard InChI is InChI=1S/C18H14F2N2OS/c1-10-3-6-14(20)9-15(10)22-17(23)16-11(2)21-18(24-16)12-4-7-13(19)8-5-12/h3-9H,1-2H3,(H,22,23). The molecule has 1 aromatic heterocycles. The predicted octanol–water partition coefficient (Wildman–Crippen LogP) is 4.96. The van der Waals surface area contributed by atoms with Crippen molar-refractivity contribution in [3.8, 4) is 10.6 Å². The molecule has 0 saturated heterocycles. The molecule has 0 radical (unpaired) electrons. The van der Waals surface area contributed by atoms with E-state index in [4.69, 9.17) is 0 Å². The normalized spacial score (nSPS) is 10.7. The highest BCUT2D eigenvalue weighted by molar-refractivity contribution is 7.17. The van der Waals surface area contributed by atoms with Crippen LogP contribution in [0.3, 0.4) is 0 Å². The molecule has 3 aromatic rings. The highest BCUT2D eigenvalue weighted by atomic mass is 32.1. The summed E-state index contributed by atoms with van der Waals surface area (Å²) in [5.41, 5.74) is 2.51. The molecule has 1 N–H and O–H groups in total. The largest absolute Gasteiger partial charge is 0.321 e. The summed E-state index contributed by atoms with van der Waals surface area (Å²) in [5.74, 6) is -1.08. The number of aryl methyl sites for hydroxylation is 2. The Morgan fingerprint density at radius 1 is 1.04 bits per heavy atom. The van der Waals surface area contributed by atoms with Gasteiger partial charge in [0.1, 0.15) is 21.5 Å². The Labute approximate surface area is 142 Å². The number of rotatable bonds is 3. The van der Waals surface area contributed by atoms with E-state index in [0.29, 0.717) is 21.3 Å². The fourth-order valence-electron chi connectivity index (χ4n) is 2.23. The van der Waals surface area contributed by atoms with Gasteiger partial charge in [-0.2, -0.15) is 0 Å². The lowest BCUT2D eigenvalue weighted by Gasteiger charge is -2.07. The Morgan fingerprint density at radius 3 is 2.42 bits per heavy atom. The van der Waals surface area contributed by atoms with Gasteiger partial charge in [0.05, 0.1) is 5.69 Å². The van der Waals surface area contributed by atoms with Gasteiger partial charge >= 0.3 is 0 Å². The zero-order valence-electron chi connectivity index (χ0n) is 13.1. The molecular formula is C18H14F2N2OS. The van der Waals surface area contributed by atoms with E-state index in [1.165, 1.54) is 35.6 Å². The lowest BCUT2D eigenvalue weighted by molar-refractivity contribution is 0.102. The van der Waals surface area contributed by atoms with Crippen LogP contribution in [0, 0.1) is 25.5 Å².